The zero-order valence-corrected chi connectivity index (χ0v) is 22.2. The van der Waals surface area contributed by atoms with Crippen LogP contribution in [-0.2, 0) is 0 Å². The van der Waals surface area contributed by atoms with Gasteiger partial charge in [0.1, 0.15) is 11.5 Å². The lowest BCUT2D eigenvalue weighted by Gasteiger charge is -2.11. The van der Waals surface area contributed by atoms with E-state index in [2.05, 4.69) is 86.6 Å². The molecule has 0 aliphatic carbocycles. The molecule has 2 heteroatoms. The van der Waals surface area contributed by atoms with Crippen LogP contribution in [-0.4, -0.2) is 13.2 Å². The number of rotatable bonds is 15. The van der Waals surface area contributed by atoms with Crippen molar-refractivity contribution in [3.63, 3.8) is 0 Å². The first-order valence-electron chi connectivity index (χ1n) is 14.0. The van der Waals surface area contributed by atoms with Gasteiger partial charge in [0.25, 0.3) is 0 Å². The molecule has 0 aliphatic heterocycles. The van der Waals surface area contributed by atoms with E-state index in [4.69, 9.17) is 9.47 Å². The molecule has 0 aliphatic rings. The van der Waals surface area contributed by atoms with Gasteiger partial charge in [-0.3, -0.25) is 0 Å². The highest BCUT2D eigenvalue weighted by Crippen LogP contribution is 2.28. The SMILES string of the molecule is Cc1c(OCCCCCCCCCCCCOc2ccc3ccccc3c2C)ccc2ccccc12. The van der Waals surface area contributed by atoms with Crippen molar-refractivity contribution < 1.29 is 9.47 Å². The molecule has 0 unspecified atom stereocenters. The van der Waals surface area contributed by atoms with Crippen LogP contribution in [0.5, 0.6) is 11.5 Å². The quantitative estimate of drug-likeness (QED) is 0.157. The number of hydrogen-bond donors (Lipinski definition) is 0. The Hall–Kier alpha value is -3.00. The summed E-state index contributed by atoms with van der Waals surface area (Å²) in [5.41, 5.74) is 2.51. The maximum atomic E-state index is 6.08. The highest BCUT2D eigenvalue weighted by Gasteiger charge is 2.05. The van der Waals surface area contributed by atoms with Gasteiger partial charge < -0.3 is 9.47 Å². The van der Waals surface area contributed by atoms with Gasteiger partial charge in [0.15, 0.2) is 0 Å². The van der Waals surface area contributed by atoms with Crippen molar-refractivity contribution >= 4 is 21.5 Å². The van der Waals surface area contributed by atoms with Crippen LogP contribution in [0.15, 0.2) is 72.8 Å². The summed E-state index contributed by atoms with van der Waals surface area (Å²) in [4.78, 5) is 0. The van der Waals surface area contributed by atoms with Gasteiger partial charge in [0, 0.05) is 0 Å². The van der Waals surface area contributed by atoms with Crippen LogP contribution < -0.4 is 9.47 Å². The van der Waals surface area contributed by atoms with Crippen LogP contribution >= 0.6 is 0 Å². The number of benzene rings is 4. The van der Waals surface area contributed by atoms with Crippen LogP contribution in [0.2, 0.25) is 0 Å². The average molecular weight is 483 g/mol. The van der Waals surface area contributed by atoms with E-state index in [1.807, 2.05) is 0 Å². The number of hydrogen-bond acceptors (Lipinski definition) is 2. The normalized spacial score (nSPS) is 11.3. The Bertz CT molecular complexity index is 1130. The van der Waals surface area contributed by atoms with E-state index in [0.29, 0.717) is 0 Å². The minimum atomic E-state index is 0.819. The van der Waals surface area contributed by atoms with Crippen LogP contribution in [0, 0.1) is 13.8 Å². The second-order valence-corrected chi connectivity index (χ2v) is 10.1. The van der Waals surface area contributed by atoms with E-state index in [1.165, 1.54) is 84.0 Å². The Morgan fingerprint density at radius 3 is 1.19 bits per heavy atom. The van der Waals surface area contributed by atoms with E-state index in [1.54, 1.807) is 0 Å². The first-order chi connectivity index (χ1) is 17.7. The van der Waals surface area contributed by atoms with Gasteiger partial charge in [-0.1, -0.05) is 112 Å². The van der Waals surface area contributed by atoms with Crippen molar-refractivity contribution in [3.05, 3.63) is 83.9 Å². The number of fused-ring (bicyclic) bond motifs is 2. The third-order valence-electron chi connectivity index (χ3n) is 7.35. The predicted octanol–water partition coefficient (Wildman–Crippen LogP) is 9.97. The maximum absolute atomic E-state index is 6.08. The fraction of sp³-hybridized carbons (Fsp3) is 0.412. The molecule has 0 fully saturated rings. The molecule has 0 radical (unpaired) electrons. The molecular weight excluding hydrogens is 440 g/mol. The zero-order chi connectivity index (χ0) is 25.0. The van der Waals surface area contributed by atoms with Crippen molar-refractivity contribution in [1.82, 2.24) is 0 Å². The van der Waals surface area contributed by atoms with Gasteiger partial charge in [-0.2, -0.15) is 0 Å². The fourth-order valence-corrected chi connectivity index (χ4v) is 5.11. The molecule has 0 amide bonds. The largest absolute Gasteiger partial charge is 0.493 e. The Morgan fingerprint density at radius 1 is 0.417 bits per heavy atom. The molecule has 0 aromatic heterocycles. The number of unbranched alkanes of at least 4 members (excludes halogenated alkanes) is 9. The van der Waals surface area contributed by atoms with Gasteiger partial charge in [0.05, 0.1) is 13.2 Å². The third-order valence-corrected chi connectivity index (χ3v) is 7.35. The Balaban J connectivity index is 0.980. The summed E-state index contributed by atoms with van der Waals surface area (Å²) in [6.45, 7) is 5.97. The molecule has 0 spiro atoms. The lowest BCUT2D eigenvalue weighted by atomic mass is 10.0. The van der Waals surface area contributed by atoms with E-state index in [-0.39, 0.29) is 0 Å². The minimum Gasteiger partial charge on any atom is -0.493 e. The van der Waals surface area contributed by atoms with Crippen LogP contribution in [0.25, 0.3) is 21.5 Å². The van der Waals surface area contributed by atoms with Crippen molar-refractivity contribution in [1.29, 1.82) is 0 Å². The second kappa shape index (κ2) is 13.9. The van der Waals surface area contributed by atoms with Crippen molar-refractivity contribution in [3.8, 4) is 11.5 Å². The first-order valence-corrected chi connectivity index (χ1v) is 14.0. The minimum absolute atomic E-state index is 0.819. The Morgan fingerprint density at radius 2 is 0.778 bits per heavy atom. The highest BCUT2D eigenvalue weighted by molar-refractivity contribution is 5.88. The molecule has 0 saturated carbocycles. The molecule has 190 valence electrons. The lowest BCUT2D eigenvalue weighted by Crippen LogP contribution is -1.99. The van der Waals surface area contributed by atoms with Gasteiger partial charge in [-0.05, 0) is 71.5 Å². The number of ether oxygens (including phenoxy) is 2. The number of aryl methyl sites for hydroxylation is 2. The fourth-order valence-electron chi connectivity index (χ4n) is 5.11. The van der Waals surface area contributed by atoms with Crippen LogP contribution in [0.3, 0.4) is 0 Å². The molecule has 0 atom stereocenters. The smallest absolute Gasteiger partial charge is 0.122 e. The summed E-state index contributed by atoms with van der Waals surface area (Å²) in [6.07, 6.45) is 12.9. The maximum Gasteiger partial charge on any atom is 0.122 e. The van der Waals surface area contributed by atoms with Crippen LogP contribution in [0.4, 0.5) is 0 Å². The topological polar surface area (TPSA) is 18.5 Å². The standard InChI is InChI=1S/C34H42O2/c1-27-31-19-13-11-17-29(31)21-23-33(27)35-25-15-9-7-5-3-4-6-8-10-16-26-36-34-24-22-30-18-12-14-20-32(30)28(34)2/h11-14,17-24H,3-10,15-16,25-26H2,1-2H3. The summed E-state index contributed by atoms with van der Waals surface area (Å²) in [5, 5.41) is 5.16. The van der Waals surface area contributed by atoms with Gasteiger partial charge in [-0.25, -0.2) is 0 Å². The lowest BCUT2D eigenvalue weighted by molar-refractivity contribution is 0.301. The Labute approximate surface area is 217 Å². The molecule has 0 N–H and O–H groups in total. The highest BCUT2D eigenvalue weighted by atomic mass is 16.5. The monoisotopic (exact) mass is 482 g/mol. The van der Waals surface area contributed by atoms with E-state index in [0.717, 1.165) is 37.6 Å². The summed E-state index contributed by atoms with van der Waals surface area (Å²) in [6, 6.07) is 25.6. The van der Waals surface area contributed by atoms with Crippen molar-refractivity contribution in [2.75, 3.05) is 13.2 Å². The van der Waals surface area contributed by atoms with Crippen molar-refractivity contribution in [2.45, 2.75) is 78.1 Å². The van der Waals surface area contributed by atoms with Crippen molar-refractivity contribution in [2.24, 2.45) is 0 Å². The molecule has 0 heterocycles. The molecule has 36 heavy (non-hydrogen) atoms. The summed E-state index contributed by atoms with van der Waals surface area (Å²) in [5.74, 6) is 2.07. The molecule has 4 aromatic rings. The molecule has 4 aromatic carbocycles. The summed E-state index contributed by atoms with van der Waals surface area (Å²) in [7, 11) is 0. The molecule has 4 rings (SSSR count). The first kappa shape index (κ1) is 26.1. The average Bonchev–Trinajstić information content (AvgIpc) is 2.91. The van der Waals surface area contributed by atoms with Crippen LogP contribution in [0.1, 0.15) is 75.3 Å². The summed E-state index contributed by atoms with van der Waals surface area (Å²) >= 11 is 0. The molecule has 2 nitrogen and oxygen atoms in total. The van der Waals surface area contributed by atoms with E-state index < -0.39 is 0 Å². The molecule has 0 saturated heterocycles. The molecule has 0 bridgehead atoms. The molecular formula is C34H42O2. The third kappa shape index (κ3) is 7.26. The van der Waals surface area contributed by atoms with E-state index in [9.17, 15) is 0 Å². The van der Waals surface area contributed by atoms with E-state index >= 15 is 0 Å². The van der Waals surface area contributed by atoms with Gasteiger partial charge >= 0.3 is 0 Å². The second-order valence-electron chi connectivity index (χ2n) is 10.1. The van der Waals surface area contributed by atoms with Gasteiger partial charge in [-0.15, -0.1) is 0 Å². The Kier molecular flexibility index (Phi) is 10.1. The zero-order valence-electron chi connectivity index (χ0n) is 22.2. The van der Waals surface area contributed by atoms with Gasteiger partial charge in [0.2, 0.25) is 0 Å². The summed E-state index contributed by atoms with van der Waals surface area (Å²) < 4.78 is 12.2. The predicted molar refractivity (Wildman–Crippen MR) is 155 cm³/mol.